The van der Waals surface area contributed by atoms with E-state index in [2.05, 4.69) is 22.1 Å². The Morgan fingerprint density at radius 3 is 1.95 bits per heavy atom. The molecule has 4 saturated heterocycles. The second-order valence-electron chi connectivity index (χ2n) is 12.2. The molecular formula is C31H41ClN2O5S2. The van der Waals surface area contributed by atoms with Crippen LogP contribution >= 0.6 is 11.6 Å². The third-order valence-electron chi connectivity index (χ3n) is 9.34. The Kier molecular flexibility index (Phi) is 9.19. The van der Waals surface area contributed by atoms with Crippen LogP contribution in [-0.2, 0) is 26.1 Å². The van der Waals surface area contributed by atoms with Gasteiger partial charge in [0.05, 0.1) is 29.6 Å². The van der Waals surface area contributed by atoms with Gasteiger partial charge in [0.2, 0.25) is 0 Å². The van der Waals surface area contributed by atoms with E-state index in [0.29, 0.717) is 66.8 Å². The minimum Gasteiger partial charge on any atom is -0.317 e. The van der Waals surface area contributed by atoms with Crippen LogP contribution in [0.2, 0.25) is 5.02 Å². The minimum absolute atomic E-state index is 0.196. The number of ketones is 1. The monoisotopic (exact) mass is 620 g/mol. The molecule has 0 unspecified atom stereocenters. The van der Waals surface area contributed by atoms with E-state index in [4.69, 9.17) is 11.6 Å². The molecule has 0 saturated carbocycles. The number of aromatic nitrogens is 1. The first kappa shape index (κ1) is 30.5. The number of hydrogen-bond donors (Lipinski definition) is 0. The largest absolute Gasteiger partial charge is 0.317 e. The maximum atomic E-state index is 13.4. The van der Waals surface area contributed by atoms with Gasteiger partial charge in [0.1, 0.15) is 9.84 Å². The first-order chi connectivity index (χ1) is 19.4. The molecule has 0 aliphatic carbocycles. The van der Waals surface area contributed by atoms with Gasteiger partial charge in [-0.3, -0.25) is 9.69 Å². The normalized spacial score (nSPS) is 25.6. The van der Waals surface area contributed by atoms with Crippen LogP contribution in [0, 0.1) is 12.8 Å². The number of rotatable bonds is 6. The Labute approximate surface area is 249 Å². The van der Waals surface area contributed by atoms with Crippen LogP contribution in [-0.4, -0.2) is 73.7 Å². The molecule has 4 aliphatic heterocycles. The fraction of sp³-hybridized carbons (Fsp3) is 0.581. The van der Waals surface area contributed by atoms with Gasteiger partial charge in [0.25, 0.3) is 0 Å². The summed E-state index contributed by atoms with van der Waals surface area (Å²) in [5.41, 5.74) is 4.91. The Morgan fingerprint density at radius 1 is 0.878 bits per heavy atom. The van der Waals surface area contributed by atoms with E-state index in [0.717, 1.165) is 34.6 Å². The topological polar surface area (TPSA) is 93.5 Å². The molecule has 2 aromatic rings. The van der Waals surface area contributed by atoms with Gasteiger partial charge in [-0.1, -0.05) is 23.8 Å². The second kappa shape index (κ2) is 12.3. The van der Waals surface area contributed by atoms with Crippen molar-refractivity contribution in [2.45, 2.75) is 76.8 Å². The molecule has 1 aromatic heterocycles. The first-order valence-electron chi connectivity index (χ1n) is 14.7. The molecule has 5 heterocycles. The molecule has 0 spiro atoms. The third kappa shape index (κ3) is 7.35. The van der Waals surface area contributed by atoms with Crippen LogP contribution < -0.4 is 0 Å². The predicted octanol–water partition coefficient (Wildman–Crippen LogP) is 5.37. The zero-order chi connectivity index (χ0) is 29.4. The maximum absolute atomic E-state index is 13.4. The molecule has 41 heavy (non-hydrogen) atoms. The lowest BCUT2D eigenvalue weighted by atomic mass is 9.96. The Morgan fingerprint density at radius 2 is 1.41 bits per heavy atom. The van der Waals surface area contributed by atoms with Gasteiger partial charge >= 0.3 is 0 Å². The van der Waals surface area contributed by atoms with Crippen molar-refractivity contribution >= 4 is 37.1 Å². The number of allylic oxidation sites excluding steroid dienone is 1. The van der Waals surface area contributed by atoms with Gasteiger partial charge in [-0.2, -0.15) is 0 Å². The summed E-state index contributed by atoms with van der Waals surface area (Å²) in [4.78, 5) is 15.8. The minimum atomic E-state index is -2.89. The van der Waals surface area contributed by atoms with Crippen molar-refractivity contribution in [3.05, 3.63) is 64.5 Å². The van der Waals surface area contributed by atoms with E-state index in [9.17, 15) is 21.6 Å². The van der Waals surface area contributed by atoms with Crippen LogP contribution in [0.3, 0.4) is 0 Å². The van der Waals surface area contributed by atoms with Gasteiger partial charge in [-0.05, 0) is 101 Å². The van der Waals surface area contributed by atoms with E-state index in [1.165, 1.54) is 25.7 Å². The summed E-state index contributed by atoms with van der Waals surface area (Å²) >= 11 is 6.12. The molecule has 0 N–H and O–H groups in total. The molecule has 2 bridgehead atoms. The lowest BCUT2D eigenvalue weighted by molar-refractivity contribution is 0.0917. The van der Waals surface area contributed by atoms with Crippen LogP contribution in [0.25, 0.3) is 5.69 Å². The molecule has 7 nitrogen and oxygen atoms in total. The molecule has 4 fully saturated rings. The van der Waals surface area contributed by atoms with E-state index >= 15 is 0 Å². The van der Waals surface area contributed by atoms with Crippen molar-refractivity contribution in [2.75, 3.05) is 29.6 Å². The summed E-state index contributed by atoms with van der Waals surface area (Å²) < 4.78 is 47.4. The molecular weight excluding hydrogens is 580 g/mol. The summed E-state index contributed by atoms with van der Waals surface area (Å²) in [7, 11) is -5.57. The van der Waals surface area contributed by atoms with Crippen molar-refractivity contribution < 1.29 is 21.6 Å². The van der Waals surface area contributed by atoms with E-state index in [1.54, 1.807) is 0 Å². The number of nitrogens with zero attached hydrogens (tertiary/aromatic N) is 2. The molecule has 10 heteroatoms. The molecule has 224 valence electrons. The fourth-order valence-electron chi connectivity index (χ4n) is 6.85. The number of halogens is 1. The molecule has 4 aliphatic rings. The molecule has 0 atom stereocenters. The Hall–Kier alpha value is -1.94. The highest BCUT2D eigenvalue weighted by atomic mass is 35.5. The summed E-state index contributed by atoms with van der Waals surface area (Å²) in [6.45, 7) is 6.24. The molecule has 6 rings (SSSR count). The SMILES string of the molecule is C=C1CCS(=O)(=O)CC1.Cc1c(C(=O)CN2C3CCC2CC3)cc(CC2CCS(=O)(=O)CC2)n1-c1ccc(Cl)cc1. The lowest BCUT2D eigenvalue weighted by Gasteiger charge is -2.23. The van der Waals surface area contributed by atoms with Crippen molar-refractivity contribution in [3.63, 3.8) is 0 Å². The number of Topliss-reactive ketones (excluding diaryl/α,β-unsaturated/α-hetero) is 1. The summed E-state index contributed by atoms with van der Waals surface area (Å²) in [5, 5.41) is 0.679. The second-order valence-corrected chi connectivity index (χ2v) is 17.2. The number of carbonyl (C=O) groups is 1. The predicted molar refractivity (Wildman–Crippen MR) is 165 cm³/mol. The first-order valence-corrected chi connectivity index (χ1v) is 18.8. The number of fused-ring (bicyclic) bond motifs is 2. The molecule has 1 aromatic carbocycles. The van der Waals surface area contributed by atoms with Gasteiger partial charge in [0.15, 0.2) is 15.6 Å². The third-order valence-corrected chi connectivity index (χ3v) is 13.0. The average Bonchev–Trinajstić information content (AvgIpc) is 3.60. The standard InChI is InChI=1S/C25H31ClN2O3S.C6H10O2S/c1-17-24(25(29)16-27-20-6-7-21(27)9-8-20)15-23(14-18-10-12-32(30,31)13-11-18)28(17)22-4-2-19(26)3-5-22;1-6-2-4-9(7,8)5-3-6/h2-5,15,18,20-21H,6-14,16H2,1H3;1-5H2. The van der Waals surface area contributed by atoms with Crippen LogP contribution in [0.15, 0.2) is 42.5 Å². The summed E-state index contributed by atoms with van der Waals surface area (Å²) in [5.74, 6) is 1.67. The highest BCUT2D eigenvalue weighted by Crippen LogP contribution is 2.37. The van der Waals surface area contributed by atoms with Gasteiger partial charge in [0, 0.05) is 39.7 Å². The Balaban J connectivity index is 0.000000321. The van der Waals surface area contributed by atoms with E-state index in [-0.39, 0.29) is 17.3 Å². The molecule has 0 radical (unpaired) electrons. The fourth-order valence-corrected chi connectivity index (χ4v) is 9.97. The van der Waals surface area contributed by atoms with Gasteiger partial charge in [-0.25, -0.2) is 16.8 Å². The van der Waals surface area contributed by atoms with Gasteiger partial charge in [-0.15, -0.1) is 0 Å². The highest BCUT2D eigenvalue weighted by Gasteiger charge is 2.40. The van der Waals surface area contributed by atoms with Gasteiger partial charge < -0.3 is 4.57 Å². The van der Waals surface area contributed by atoms with Crippen molar-refractivity contribution in [1.29, 1.82) is 0 Å². The number of benzene rings is 1. The van der Waals surface area contributed by atoms with E-state index < -0.39 is 19.7 Å². The number of carbonyl (C=O) groups excluding carboxylic acids is 1. The summed E-state index contributed by atoms with van der Waals surface area (Å²) in [6.07, 6.45) is 8.38. The van der Waals surface area contributed by atoms with Crippen LogP contribution in [0.5, 0.6) is 0 Å². The zero-order valence-corrected chi connectivity index (χ0v) is 26.2. The number of hydrogen-bond acceptors (Lipinski definition) is 6. The van der Waals surface area contributed by atoms with Crippen LogP contribution in [0.4, 0.5) is 0 Å². The summed E-state index contributed by atoms with van der Waals surface area (Å²) in [6, 6.07) is 10.9. The van der Waals surface area contributed by atoms with Crippen molar-refractivity contribution in [1.82, 2.24) is 9.47 Å². The van der Waals surface area contributed by atoms with Crippen molar-refractivity contribution in [2.24, 2.45) is 5.92 Å². The van der Waals surface area contributed by atoms with Crippen LogP contribution in [0.1, 0.15) is 73.1 Å². The highest BCUT2D eigenvalue weighted by molar-refractivity contribution is 7.91. The van der Waals surface area contributed by atoms with Crippen molar-refractivity contribution in [3.8, 4) is 5.69 Å². The van der Waals surface area contributed by atoms with E-state index in [1.807, 2.05) is 31.2 Å². The smallest absolute Gasteiger partial charge is 0.178 e. The number of sulfone groups is 2. The average molecular weight is 621 g/mol. The molecule has 0 amide bonds. The Bertz CT molecular complexity index is 1460. The quantitative estimate of drug-likeness (QED) is 0.319. The lowest BCUT2D eigenvalue weighted by Crippen LogP contribution is -2.34. The zero-order valence-electron chi connectivity index (χ0n) is 23.9. The maximum Gasteiger partial charge on any atom is 0.178 e.